The van der Waals surface area contributed by atoms with E-state index in [0.29, 0.717) is 18.6 Å². The Morgan fingerprint density at radius 3 is 2.95 bits per heavy atom. The minimum absolute atomic E-state index is 0.300. The number of hydrogen-bond acceptors (Lipinski definition) is 3. The van der Waals surface area contributed by atoms with Gasteiger partial charge in [-0.2, -0.15) is 0 Å². The molecule has 1 aromatic rings. The van der Waals surface area contributed by atoms with Gasteiger partial charge in [-0.3, -0.25) is 4.90 Å². The van der Waals surface area contributed by atoms with Crippen molar-refractivity contribution >= 4 is 15.9 Å². The number of hydrogen-bond donors (Lipinski definition) is 1. The summed E-state index contributed by atoms with van der Waals surface area (Å²) in [6.07, 6.45) is 2.55. The maximum atomic E-state index is 6.03. The van der Waals surface area contributed by atoms with Crippen LogP contribution >= 0.6 is 15.9 Å². The maximum Gasteiger partial charge on any atom is 0.0471 e. The molecule has 2 rings (SSSR count). The fourth-order valence-corrected chi connectivity index (χ4v) is 3.39. The van der Waals surface area contributed by atoms with Crippen LogP contribution in [0.2, 0.25) is 0 Å². The molecule has 0 aromatic heterocycles. The summed E-state index contributed by atoms with van der Waals surface area (Å²) in [5.74, 6) is 0. The van der Waals surface area contributed by atoms with E-state index >= 15 is 0 Å². The lowest BCUT2D eigenvalue weighted by Gasteiger charge is -2.40. The van der Waals surface area contributed by atoms with Gasteiger partial charge in [-0.1, -0.05) is 28.1 Å². The summed E-state index contributed by atoms with van der Waals surface area (Å²) in [7, 11) is 4.42. The minimum atomic E-state index is 0.300. The quantitative estimate of drug-likeness (QED) is 0.923. The van der Waals surface area contributed by atoms with Gasteiger partial charge in [0, 0.05) is 29.6 Å². The van der Waals surface area contributed by atoms with Crippen molar-refractivity contribution in [1.82, 2.24) is 9.80 Å². The molecule has 1 aliphatic rings. The van der Waals surface area contributed by atoms with E-state index in [1.807, 2.05) is 0 Å². The Morgan fingerprint density at radius 1 is 1.53 bits per heavy atom. The first-order valence-electron chi connectivity index (χ1n) is 6.98. The summed E-state index contributed by atoms with van der Waals surface area (Å²) < 4.78 is 1.12. The van der Waals surface area contributed by atoms with Crippen molar-refractivity contribution in [3.05, 3.63) is 34.3 Å². The molecule has 1 aromatic carbocycles. The van der Waals surface area contributed by atoms with Gasteiger partial charge in [0.1, 0.15) is 0 Å². The zero-order valence-corrected chi connectivity index (χ0v) is 13.4. The third-order valence-electron chi connectivity index (χ3n) is 4.12. The van der Waals surface area contributed by atoms with Crippen LogP contribution in [0.3, 0.4) is 0 Å². The molecule has 2 N–H and O–H groups in total. The smallest absolute Gasteiger partial charge is 0.0471 e. The maximum absolute atomic E-state index is 6.03. The Bertz CT molecular complexity index is 410. The Hall–Kier alpha value is -0.420. The van der Waals surface area contributed by atoms with E-state index in [2.05, 4.69) is 64.1 Å². The third-order valence-corrected chi connectivity index (χ3v) is 4.62. The van der Waals surface area contributed by atoms with Crippen LogP contribution < -0.4 is 5.73 Å². The molecule has 2 atom stereocenters. The SMILES string of the molecule is CN1CCCC(N(C)C(CN)c2cccc(Br)c2)C1. The van der Waals surface area contributed by atoms with Gasteiger partial charge in [-0.25, -0.2) is 0 Å². The Balaban J connectivity index is 2.12. The predicted molar refractivity (Wildman–Crippen MR) is 84.2 cm³/mol. The highest BCUT2D eigenvalue weighted by atomic mass is 79.9. The lowest BCUT2D eigenvalue weighted by Crippen LogP contribution is -2.47. The molecule has 0 spiro atoms. The molecule has 0 saturated carbocycles. The van der Waals surface area contributed by atoms with Crippen LogP contribution in [-0.2, 0) is 0 Å². The number of likely N-dealkylation sites (tertiary alicyclic amines) is 1. The monoisotopic (exact) mass is 325 g/mol. The number of piperidine rings is 1. The normalized spacial score (nSPS) is 22.7. The van der Waals surface area contributed by atoms with Crippen LogP contribution in [0.4, 0.5) is 0 Å². The second kappa shape index (κ2) is 6.84. The zero-order chi connectivity index (χ0) is 13.8. The number of benzene rings is 1. The number of nitrogens with zero attached hydrogens (tertiary/aromatic N) is 2. The Labute approximate surface area is 124 Å². The lowest BCUT2D eigenvalue weighted by molar-refractivity contribution is 0.101. The first-order chi connectivity index (χ1) is 9.11. The highest BCUT2D eigenvalue weighted by Gasteiger charge is 2.26. The topological polar surface area (TPSA) is 32.5 Å². The molecule has 4 heteroatoms. The lowest BCUT2D eigenvalue weighted by atomic mass is 9.99. The van der Waals surface area contributed by atoms with Crippen molar-refractivity contribution in [3.8, 4) is 0 Å². The van der Waals surface area contributed by atoms with Crippen molar-refractivity contribution in [3.63, 3.8) is 0 Å². The van der Waals surface area contributed by atoms with Gasteiger partial charge in [0.05, 0.1) is 0 Å². The van der Waals surface area contributed by atoms with E-state index in [0.717, 1.165) is 11.0 Å². The Kier molecular flexibility index (Phi) is 5.39. The van der Waals surface area contributed by atoms with E-state index < -0.39 is 0 Å². The minimum Gasteiger partial charge on any atom is -0.329 e. The highest BCUT2D eigenvalue weighted by Crippen LogP contribution is 2.26. The molecule has 19 heavy (non-hydrogen) atoms. The van der Waals surface area contributed by atoms with E-state index in [1.165, 1.54) is 24.9 Å². The third kappa shape index (κ3) is 3.78. The van der Waals surface area contributed by atoms with E-state index in [1.54, 1.807) is 0 Å². The standard InChI is InChI=1S/C15H24BrN3/c1-18-8-4-7-14(11-18)19(2)15(10-17)12-5-3-6-13(16)9-12/h3,5-6,9,14-15H,4,7-8,10-11,17H2,1-2H3. The number of halogens is 1. The molecule has 1 heterocycles. The van der Waals surface area contributed by atoms with Crippen LogP contribution in [0.5, 0.6) is 0 Å². The van der Waals surface area contributed by atoms with Crippen molar-refractivity contribution in [2.45, 2.75) is 24.9 Å². The van der Waals surface area contributed by atoms with E-state index in [9.17, 15) is 0 Å². The first kappa shape index (κ1) is 15.0. The van der Waals surface area contributed by atoms with Gasteiger partial charge < -0.3 is 10.6 Å². The molecule has 1 aliphatic heterocycles. The van der Waals surface area contributed by atoms with Crippen LogP contribution in [0, 0.1) is 0 Å². The van der Waals surface area contributed by atoms with Crippen molar-refractivity contribution in [2.24, 2.45) is 5.73 Å². The summed E-state index contributed by atoms with van der Waals surface area (Å²) in [4.78, 5) is 4.87. The summed E-state index contributed by atoms with van der Waals surface area (Å²) in [6.45, 7) is 3.02. The van der Waals surface area contributed by atoms with Gasteiger partial charge in [0.15, 0.2) is 0 Å². The second-order valence-electron chi connectivity index (χ2n) is 5.53. The van der Waals surface area contributed by atoms with Crippen molar-refractivity contribution in [1.29, 1.82) is 0 Å². The predicted octanol–water partition coefficient (Wildman–Crippen LogP) is 2.47. The molecule has 1 saturated heterocycles. The van der Waals surface area contributed by atoms with Crippen molar-refractivity contribution in [2.75, 3.05) is 33.7 Å². The van der Waals surface area contributed by atoms with Gasteiger partial charge in [0.25, 0.3) is 0 Å². The Morgan fingerprint density at radius 2 is 2.32 bits per heavy atom. The largest absolute Gasteiger partial charge is 0.329 e. The molecule has 0 amide bonds. The van der Waals surface area contributed by atoms with Crippen LogP contribution in [0.1, 0.15) is 24.4 Å². The van der Waals surface area contributed by atoms with Gasteiger partial charge in [-0.15, -0.1) is 0 Å². The summed E-state index contributed by atoms with van der Waals surface area (Å²) >= 11 is 3.55. The molecule has 3 nitrogen and oxygen atoms in total. The summed E-state index contributed by atoms with van der Waals surface area (Å²) in [5, 5.41) is 0. The highest BCUT2D eigenvalue weighted by molar-refractivity contribution is 9.10. The van der Waals surface area contributed by atoms with E-state index in [-0.39, 0.29) is 0 Å². The first-order valence-corrected chi connectivity index (χ1v) is 7.77. The van der Waals surface area contributed by atoms with Crippen LogP contribution in [0.15, 0.2) is 28.7 Å². The second-order valence-corrected chi connectivity index (χ2v) is 6.45. The average Bonchev–Trinajstić information content (AvgIpc) is 2.39. The molecule has 0 radical (unpaired) electrons. The average molecular weight is 326 g/mol. The van der Waals surface area contributed by atoms with Gasteiger partial charge in [-0.05, 0) is 51.2 Å². The zero-order valence-electron chi connectivity index (χ0n) is 11.8. The molecule has 0 aliphatic carbocycles. The summed E-state index contributed by atoms with van der Waals surface area (Å²) in [5.41, 5.74) is 7.33. The fourth-order valence-electron chi connectivity index (χ4n) is 2.98. The number of rotatable bonds is 4. The molecule has 1 fully saturated rings. The van der Waals surface area contributed by atoms with Crippen molar-refractivity contribution < 1.29 is 0 Å². The molecule has 0 bridgehead atoms. The number of likely N-dealkylation sites (N-methyl/N-ethyl adjacent to an activating group) is 2. The fraction of sp³-hybridized carbons (Fsp3) is 0.600. The van der Waals surface area contributed by atoms with E-state index in [4.69, 9.17) is 5.73 Å². The molecule has 106 valence electrons. The molecular weight excluding hydrogens is 302 g/mol. The number of nitrogens with two attached hydrogens (primary N) is 1. The van der Waals surface area contributed by atoms with Crippen LogP contribution in [0.25, 0.3) is 0 Å². The molecular formula is C15H24BrN3. The molecule has 2 unspecified atom stereocenters. The van der Waals surface area contributed by atoms with Gasteiger partial charge >= 0.3 is 0 Å². The van der Waals surface area contributed by atoms with Crippen LogP contribution in [-0.4, -0.2) is 49.6 Å². The van der Waals surface area contributed by atoms with Gasteiger partial charge in [0.2, 0.25) is 0 Å². The summed E-state index contributed by atoms with van der Waals surface area (Å²) in [6, 6.07) is 9.40.